The van der Waals surface area contributed by atoms with E-state index in [-0.39, 0.29) is 0 Å². The topological polar surface area (TPSA) is 18.5 Å². The number of halogens is 2. The van der Waals surface area contributed by atoms with Gasteiger partial charge in [0.2, 0.25) is 0 Å². The monoisotopic (exact) mass is 478 g/mol. The summed E-state index contributed by atoms with van der Waals surface area (Å²) < 4.78 is 10.7. The van der Waals surface area contributed by atoms with E-state index in [1.807, 2.05) is 24.3 Å². The van der Waals surface area contributed by atoms with Gasteiger partial charge in [-0.3, -0.25) is 0 Å². The van der Waals surface area contributed by atoms with Gasteiger partial charge in [-0.1, -0.05) is 73.9 Å². The van der Waals surface area contributed by atoms with E-state index < -0.39 is 0 Å². The first-order chi connectivity index (χ1) is 12.7. The van der Waals surface area contributed by atoms with Crippen LogP contribution in [0, 0.1) is 0 Å². The first-order valence-electron chi connectivity index (χ1n) is 8.45. The van der Waals surface area contributed by atoms with Gasteiger partial charge in [-0.2, -0.15) is 0 Å². The Morgan fingerprint density at radius 3 is 1.96 bits per heavy atom. The minimum atomic E-state index is 0.830. The van der Waals surface area contributed by atoms with Gasteiger partial charge in [-0.15, -0.1) is 0 Å². The summed E-state index contributed by atoms with van der Waals surface area (Å²) in [5.41, 5.74) is 5.16. The molecule has 0 unspecified atom stereocenters. The Labute approximate surface area is 173 Å². The van der Waals surface area contributed by atoms with Crippen molar-refractivity contribution >= 4 is 31.9 Å². The molecule has 0 aromatic heterocycles. The third-order valence-corrected chi connectivity index (χ3v) is 5.15. The zero-order chi connectivity index (χ0) is 18.8. The van der Waals surface area contributed by atoms with Gasteiger partial charge in [0.1, 0.15) is 11.5 Å². The van der Waals surface area contributed by atoms with Crippen LogP contribution < -0.4 is 9.47 Å². The van der Waals surface area contributed by atoms with Gasteiger partial charge in [-0.25, -0.2) is 0 Å². The van der Waals surface area contributed by atoms with E-state index in [2.05, 4.69) is 68.3 Å². The van der Waals surface area contributed by atoms with Crippen LogP contribution in [0.2, 0.25) is 0 Å². The van der Waals surface area contributed by atoms with Crippen LogP contribution in [0.15, 0.2) is 71.8 Å². The molecule has 0 aliphatic heterocycles. The Morgan fingerprint density at radius 2 is 1.46 bits per heavy atom. The molecule has 26 heavy (non-hydrogen) atoms. The van der Waals surface area contributed by atoms with Gasteiger partial charge < -0.3 is 9.47 Å². The Kier molecular flexibility index (Phi) is 8.99. The van der Waals surface area contributed by atoms with Crippen LogP contribution in [0.3, 0.4) is 0 Å². The van der Waals surface area contributed by atoms with Crippen molar-refractivity contribution in [3.63, 3.8) is 0 Å². The molecule has 0 fully saturated rings. The maximum Gasteiger partial charge on any atom is 0.119 e. The molecule has 0 aliphatic rings. The predicted molar refractivity (Wildman–Crippen MR) is 117 cm³/mol. The number of allylic oxidation sites excluding steroid dienone is 4. The van der Waals surface area contributed by atoms with E-state index in [4.69, 9.17) is 9.47 Å². The van der Waals surface area contributed by atoms with Crippen LogP contribution >= 0.6 is 31.9 Å². The molecule has 138 valence electrons. The van der Waals surface area contributed by atoms with Gasteiger partial charge in [-0.05, 0) is 53.8 Å². The number of benzene rings is 2. The SMILES string of the molecule is COc1cccc(CC(/C=C/CBr)=C(\CBr)Cc2cccc(OC)c2)c1. The summed E-state index contributed by atoms with van der Waals surface area (Å²) >= 11 is 7.17. The molecular weight excluding hydrogens is 456 g/mol. The van der Waals surface area contributed by atoms with Gasteiger partial charge >= 0.3 is 0 Å². The van der Waals surface area contributed by atoms with Crippen molar-refractivity contribution in [1.29, 1.82) is 0 Å². The number of hydrogen-bond donors (Lipinski definition) is 0. The normalized spacial score (nSPS) is 12.2. The van der Waals surface area contributed by atoms with Crippen LogP contribution in [-0.2, 0) is 12.8 Å². The molecule has 0 heterocycles. The fourth-order valence-electron chi connectivity index (χ4n) is 2.77. The first-order valence-corrected chi connectivity index (χ1v) is 10.7. The fraction of sp³-hybridized carbons (Fsp3) is 0.273. The van der Waals surface area contributed by atoms with E-state index >= 15 is 0 Å². The summed E-state index contributed by atoms with van der Waals surface area (Å²) in [6.45, 7) is 0. The number of rotatable bonds is 9. The molecule has 0 N–H and O–H groups in total. The molecule has 4 heteroatoms. The van der Waals surface area contributed by atoms with Gasteiger partial charge in [0.05, 0.1) is 14.2 Å². The van der Waals surface area contributed by atoms with E-state index in [1.165, 1.54) is 22.3 Å². The maximum atomic E-state index is 5.36. The highest BCUT2D eigenvalue weighted by Gasteiger charge is 2.08. The third-order valence-electron chi connectivity index (χ3n) is 4.10. The van der Waals surface area contributed by atoms with Crippen molar-refractivity contribution in [2.24, 2.45) is 0 Å². The lowest BCUT2D eigenvalue weighted by molar-refractivity contribution is 0.414. The highest BCUT2D eigenvalue weighted by Crippen LogP contribution is 2.23. The number of ether oxygens (including phenoxy) is 2. The molecule has 0 bridgehead atoms. The molecule has 2 aromatic carbocycles. The summed E-state index contributed by atoms with van der Waals surface area (Å²) in [5.74, 6) is 1.78. The minimum absolute atomic E-state index is 0.830. The van der Waals surface area contributed by atoms with Gasteiger partial charge in [0.25, 0.3) is 0 Å². The molecule has 2 rings (SSSR count). The molecule has 0 saturated heterocycles. The largest absolute Gasteiger partial charge is 0.497 e. The lowest BCUT2D eigenvalue weighted by Crippen LogP contribution is -2.01. The summed E-state index contributed by atoms with van der Waals surface area (Å²) in [6, 6.07) is 16.5. The average Bonchev–Trinajstić information content (AvgIpc) is 2.69. The second kappa shape index (κ2) is 11.2. The minimum Gasteiger partial charge on any atom is -0.497 e. The van der Waals surface area contributed by atoms with E-state index in [0.717, 1.165) is 35.0 Å². The quantitative estimate of drug-likeness (QED) is 0.318. The van der Waals surface area contributed by atoms with Gasteiger partial charge in [0.15, 0.2) is 0 Å². The standard InChI is InChI=1S/C22H24Br2O2/c1-25-21-9-3-6-17(14-21)12-19(8-5-11-23)20(16-24)13-18-7-4-10-22(15-18)26-2/h3-10,14-15H,11-13,16H2,1-2H3/b8-5+,20-19-. The second-order valence-corrected chi connectivity index (χ2v) is 7.08. The van der Waals surface area contributed by atoms with Crippen LogP contribution in [0.5, 0.6) is 11.5 Å². The summed E-state index contributed by atoms with van der Waals surface area (Å²) in [6.07, 6.45) is 6.11. The average molecular weight is 480 g/mol. The highest BCUT2D eigenvalue weighted by atomic mass is 79.9. The van der Waals surface area contributed by atoms with Crippen LogP contribution in [-0.4, -0.2) is 24.9 Å². The van der Waals surface area contributed by atoms with Crippen LogP contribution in [0.4, 0.5) is 0 Å². The molecule has 0 atom stereocenters. The highest BCUT2D eigenvalue weighted by molar-refractivity contribution is 9.09. The van der Waals surface area contributed by atoms with E-state index in [1.54, 1.807) is 14.2 Å². The van der Waals surface area contributed by atoms with Crippen LogP contribution in [0.25, 0.3) is 0 Å². The van der Waals surface area contributed by atoms with E-state index in [9.17, 15) is 0 Å². The first kappa shape index (κ1) is 20.8. The Hall–Kier alpha value is -1.52. The van der Waals surface area contributed by atoms with Crippen LogP contribution in [0.1, 0.15) is 11.1 Å². The lowest BCUT2D eigenvalue weighted by Gasteiger charge is -2.13. The smallest absolute Gasteiger partial charge is 0.119 e. The zero-order valence-electron chi connectivity index (χ0n) is 15.2. The summed E-state index contributed by atoms with van der Waals surface area (Å²) in [7, 11) is 3.40. The Bertz CT molecular complexity index is 766. The van der Waals surface area contributed by atoms with Crippen molar-refractivity contribution < 1.29 is 9.47 Å². The lowest BCUT2D eigenvalue weighted by atomic mass is 9.95. The molecule has 2 aromatic rings. The summed E-state index contributed by atoms with van der Waals surface area (Å²) in [5, 5.41) is 1.67. The predicted octanol–water partition coefficient (Wildman–Crippen LogP) is 6.13. The van der Waals surface area contributed by atoms with E-state index in [0.29, 0.717) is 0 Å². The fourth-order valence-corrected chi connectivity index (χ4v) is 3.51. The van der Waals surface area contributed by atoms with Crippen molar-refractivity contribution in [2.75, 3.05) is 24.9 Å². The summed E-state index contributed by atoms with van der Waals surface area (Å²) in [4.78, 5) is 0. The third kappa shape index (κ3) is 6.33. The van der Waals surface area contributed by atoms with Crippen molar-refractivity contribution in [3.8, 4) is 11.5 Å². The molecular formula is C22H24Br2O2. The Morgan fingerprint density at radius 1 is 0.885 bits per heavy atom. The molecule has 0 aliphatic carbocycles. The van der Waals surface area contributed by atoms with Crippen molar-refractivity contribution in [3.05, 3.63) is 83.0 Å². The zero-order valence-corrected chi connectivity index (χ0v) is 18.3. The number of methoxy groups -OCH3 is 2. The van der Waals surface area contributed by atoms with Crippen molar-refractivity contribution in [2.45, 2.75) is 12.8 Å². The second-order valence-electron chi connectivity index (χ2n) is 5.88. The van der Waals surface area contributed by atoms with Crippen molar-refractivity contribution in [1.82, 2.24) is 0 Å². The Balaban J connectivity index is 2.33. The number of alkyl halides is 2. The molecule has 0 spiro atoms. The number of hydrogen-bond acceptors (Lipinski definition) is 2. The molecule has 0 radical (unpaired) electrons. The molecule has 0 saturated carbocycles. The maximum absolute atomic E-state index is 5.36. The molecule has 2 nitrogen and oxygen atoms in total. The molecule has 0 amide bonds. The van der Waals surface area contributed by atoms with Gasteiger partial charge in [0, 0.05) is 10.7 Å².